The van der Waals surface area contributed by atoms with E-state index in [0.29, 0.717) is 0 Å². The average molecular weight is 371 g/mol. The molecule has 2 aromatic carbocycles. The van der Waals surface area contributed by atoms with Crippen molar-refractivity contribution in [1.29, 1.82) is 0 Å². The zero-order chi connectivity index (χ0) is 13.8. The van der Waals surface area contributed by atoms with Gasteiger partial charge in [-0.3, -0.25) is 0 Å². The van der Waals surface area contributed by atoms with Crippen molar-refractivity contribution in [2.24, 2.45) is 0 Å². The number of fused-ring (bicyclic) bond motifs is 1. The molecule has 0 aliphatic heterocycles. The van der Waals surface area contributed by atoms with Crippen molar-refractivity contribution in [3.8, 4) is 0 Å². The predicted octanol–water partition coefficient (Wildman–Crippen LogP) is 7.04. The summed E-state index contributed by atoms with van der Waals surface area (Å²) in [6.45, 7) is 0. The lowest BCUT2D eigenvalue weighted by Gasteiger charge is -2.12. The van der Waals surface area contributed by atoms with Gasteiger partial charge in [0.1, 0.15) is 0 Å². The van der Waals surface area contributed by atoms with Gasteiger partial charge >= 0.3 is 0 Å². The van der Waals surface area contributed by atoms with E-state index in [0.717, 1.165) is 0 Å². The molecule has 0 aromatic heterocycles. The highest BCUT2D eigenvalue weighted by Crippen LogP contribution is 2.47. The highest BCUT2D eigenvalue weighted by Gasteiger charge is 2.25. The minimum Gasteiger partial charge on any atom is -0.205 e. The van der Waals surface area contributed by atoms with Crippen LogP contribution in [-0.2, 0) is 0 Å². The van der Waals surface area contributed by atoms with Crippen LogP contribution in [0.2, 0.25) is 30.1 Å². The van der Waals surface area contributed by atoms with Crippen LogP contribution in [0.15, 0.2) is 0 Å². The van der Waals surface area contributed by atoms with Crippen LogP contribution in [0, 0.1) is 11.6 Å². The third-order valence-corrected chi connectivity index (χ3v) is 4.89. The van der Waals surface area contributed by atoms with E-state index in [9.17, 15) is 8.78 Å². The quantitative estimate of drug-likeness (QED) is 0.344. The second-order valence-corrected chi connectivity index (χ2v) is 5.53. The molecule has 0 radical (unpaired) electrons. The Morgan fingerprint density at radius 1 is 0.444 bits per heavy atom. The molecule has 2 aromatic rings. The first-order chi connectivity index (χ1) is 8.29. The van der Waals surface area contributed by atoms with Crippen molar-refractivity contribution in [3.05, 3.63) is 41.8 Å². The van der Waals surface area contributed by atoms with E-state index in [1.165, 1.54) is 0 Å². The van der Waals surface area contributed by atoms with Crippen molar-refractivity contribution in [2.75, 3.05) is 0 Å². The Morgan fingerprint density at radius 2 is 0.722 bits per heavy atom. The minimum atomic E-state index is -1.01. The van der Waals surface area contributed by atoms with E-state index in [-0.39, 0.29) is 30.9 Å². The lowest BCUT2D eigenvalue weighted by Crippen LogP contribution is -1.93. The molecule has 0 saturated carbocycles. The summed E-state index contributed by atoms with van der Waals surface area (Å²) in [5.41, 5.74) is 0. The lowest BCUT2D eigenvalue weighted by atomic mass is 10.1. The van der Waals surface area contributed by atoms with Crippen LogP contribution in [-0.4, -0.2) is 0 Å². The van der Waals surface area contributed by atoms with Gasteiger partial charge in [0.05, 0.1) is 30.1 Å². The maximum atomic E-state index is 14.0. The van der Waals surface area contributed by atoms with Crippen molar-refractivity contribution in [2.45, 2.75) is 0 Å². The van der Waals surface area contributed by atoms with E-state index in [4.69, 9.17) is 69.6 Å². The molecule has 0 aliphatic carbocycles. The number of hydrogen-bond acceptors (Lipinski definition) is 0. The standard InChI is InChI=1S/C10Cl6F2/c11-3-1-2(10(18)8(16)5(3)13)4(12)6(14)7(15)9(1)17. The molecule has 2 rings (SSSR count). The van der Waals surface area contributed by atoms with Gasteiger partial charge in [0.2, 0.25) is 0 Å². The van der Waals surface area contributed by atoms with Gasteiger partial charge in [-0.05, 0) is 0 Å². The molecular formula is C10Cl6F2. The van der Waals surface area contributed by atoms with Crippen molar-refractivity contribution in [3.63, 3.8) is 0 Å². The molecule has 0 spiro atoms. The topological polar surface area (TPSA) is 0 Å². The summed E-state index contributed by atoms with van der Waals surface area (Å²) in [7, 11) is 0. The van der Waals surface area contributed by atoms with E-state index in [2.05, 4.69) is 0 Å². The van der Waals surface area contributed by atoms with Crippen LogP contribution in [0.1, 0.15) is 0 Å². The molecule has 0 saturated heterocycles. The van der Waals surface area contributed by atoms with Crippen molar-refractivity contribution in [1.82, 2.24) is 0 Å². The Balaban J connectivity index is 3.22. The first-order valence-electron chi connectivity index (χ1n) is 4.26. The number of rotatable bonds is 0. The maximum Gasteiger partial charge on any atom is 0.152 e. The van der Waals surface area contributed by atoms with Crippen LogP contribution in [0.3, 0.4) is 0 Å². The summed E-state index contributed by atoms with van der Waals surface area (Å²) in [6, 6.07) is 0. The van der Waals surface area contributed by atoms with E-state index < -0.39 is 21.7 Å². The molecule has 0 nitrogen and oxygen atoms in total. The Labute approximate surface area is 130 Å². The van der Waals surface area contributed by atoms with Gasteiger partial charge in [-0.2, -0.15) is 0 Å². The van der Waals surface area contributed by atoms with Gasteiger partial charge in [0, 0.05) is 10.8 Å². The fourth-order valence-corrected chi connectivity index (χ4v) is 2.83. The number of halogens is 8. The molecule has 0 N–H and O–H groups in total. The molecule has 8 heteroatoms. The Hall–Kier alpha value is 0.300. The van der Waals surface area contributed by atoms with Gasteiger partial charge in [-0.25, -0.2) is 8.78 Å². The minimum absolute atomic E-state index is 0.281. The molecule has 0 bridgehead atoms. The third-order valence-electron chi connectivity index (χ3n) is 2.28. The Morgan fingerprint density at radius 3 is 1.00 bits per heavy atom. The molecule has 96 valence electrons. The Bertz CT molecular complexity index is 569. The van der Waals surface area contributed by atoms with E-state index in [1.807, 2.05) is 0 Å². The zero-order valence-corrected chi connectivity index (χ0v) is 12.6. The van der Waals surface area contributed by atoms with Gasteiger partial charge < -0.3 is 0 Å². The summed E-state index contributed by atoms with van der Waals surface area (Å²) >= 11 is 34.3. The number of hydrogen-bond donors (Lipinski definition) is 0. The first kappa shape index (κ1) is 14.7. The second-order valence-electron chi connectivity index (χ2n) is 3.26. The van der Waals surface area contributed by atoms with Gasteiger partial charge in [-0.1, -0.05) is 69.6 Å². The molecule has 0 heterocycles. The molecule has 0 aliphatic rings. The largest absolute Gasteiger partial charge is 0.205 e. The van der Waals surface area contributed by atoms with Crippen LogP contribution >= 0.6 is 69.6 Å². The lowest BCUT2D eigenvalue weighted by molar-refractivity contribution is 0.629. The van der Waals surface area contributed by atoms with Crippen molar-refractivity contribution >= 4 is 80.4 Å². The summed E-state index contributed by atoms with van der Waals surface area (Å²) in [4.78, 5) is 0. The fourth-order valence-electron chi connectivity index (χ4n) is 1.46. The summed E-state index contributed by atoms with van der Waals surface area (Å²) in [5, 5.41) is -2.85. The molecule has 0 fully saturated rings. The molecule has 0 unspecified atom stereocenters. The molecule has 18 heavy (non-hydrogen) atoms. The average Bonchev–Trinajstić information content (AvgIpc) is 2.35. The van der Waals surface area contributed by atoms with Gasteiger partial charge in [-0.15, -0.1) is 0 Å². The predicted molar refractivity (Wildman–Crippen MR) is 73.9 cm³/mol. The highest BCUT2D eigenvalue weighted by atomic mass is 35.5. The van der Waals surface area contributed by atoms with Crippen LogP contribution in [0.4, 0.5) is 8.78 Å². The summed E-state index contributed by atoms with van der Waals surface area (Å²) < 4.78 is 27.9. The third kappa shape index (κ3) is 1.94. The van der Waals surface area contributed by atoms with E-state index in [1.54, 1.807) is 0 Å². The molecular weight excluding hydrogens is 371 g/mol. The Kier molecular flexibility index (Phi) is 4.09. The fraction of sp³-hybridized carbons (Fsp3) is 0. The van der Waals surface area contributed by atoms with Crippen LogP contribution < -0.4 is 0 Å². The van der Waals surface area contributed by atoms with Crippen molar-refractivity contribution < 1.29 is 8.78 Å². The number of benzene rings is 2. The smallest absolute Gasteiger partial charge is 0.152 e. The zero-order valence-electron chi connectivity index (χ0n) is 8.02. The van der Waals surface area contributed by atoms with E-state index >= 15 is 0 Å². The molecule has 0 amide bonds. The second kappa shape index (κ2) is 5.01. The summed E-state index contributed by atoms with van der Waals surface area (Å²) in [6.07, 6.45) is 0. The van der Waals surface area contributed by atoms with Gasteiger partial charge in [0.15, 0.2) is 11.6 Å². The van der Waals surface area contributed by atoms with Crippen LogP contribution in [0.25, 0.3) is 10.8 Å². The maximum absolute atomic E-state index is 14.0. The first-order valence-corrected chi connectivity index (χ1v) is 6.53. The van der Waals surface area contributed by atoms with Crippen LogP contribution in [0.5, 0.6) is 0 Å². The normalized spacial score (nSPS) is 11.3. The molecule has 0 atom stereocenters. The summed E-state index contributed by atoms with van der Waals surface area (Å²) in [5.74, 6) is -2.02. The monoisotopic (exact) mass is 368 g/mol. The SMILES string of the molecule is Fc1c(Cl)c(Cl)c(Cl)c2c(F)c(Cl)c(Cl)c(Cl)c12. The highest BCUT2D eigenvalue weighted by molar-refractivity contribution is 6.54. The van der Waals surface area contributed by atoms with Gasteiger partial charge in [0.25, 0.3) is 0 Å².